The van der Waals surface area contributed by atoms with Crippen molar-refractivity contribution in [2.75, 3.05) is 11.9 Å². The number of benzene rings is 1. The van der Waals surface area contributed by atoms with Crippen LogP contribution in [0.25, 0.3) is 11.0 Å². The monoisotopic (exact) mass is 366 g/mol. The molecule has 0 aliphatic carbocycles. The van der Waals surface area contributed by atoms with E-state index in [-0.39, 0.29) is 18.5 Å². The molecule has 8 heteroatoms. The van der Waals surface area contributed by atoms with E-state index in [0.717, 1.165) is 16.6 Å². The van der Waals surface area contributed by atoms with Crippen LogP contribution in [-0.2, 0) is 11.3 Å². The van der Waals surface area contributed by atoms with Crippen LogP contribution in [0.5, 0.6) is 0 Å². The molecule has 27 heavy (non-hydrogen) atoms. The third-order valence-corrected chi connectivity index (χ3v) is 3.91. The second-order valence-corrected chi connectivity index (χ2v) is 6.39. The minimum absolute atomic E-state index is 0.135. The van der Waals surface area contributed by atoms with Gasteiger partial charge in [0, 0.05) is 18.0 Å². The molecule has 1 aromatic carbocycles. The molecule has 8 nitrogen and oxygen atoms in total. The van der Waals surface area contributed by atoms with Gasteiger partial charge in [-0.3, -0.25) is 4.79 Å². The van der Waals surface area contributed by atoms with Crippen molar-refractivity contribution in [2.45, 2.75) is 26.4 Å². The van der Waals surface area contributed by atoms with E-state index < -0.39 is 6.03 Å². The number of anilines is 1. The highest BCUT2D eigenvalue weighted by atomic mass is 16.2. The molecule has 0 aliphatic heterocycles. The van der Waals surface area contributed by atoms with Gasteiger partial charge in [-0.2, -0.15) is 5.10 Å². The Kier molecular flexibility index (Phi) is 5.65. The summed E-state index contributed by atoms with van der Waals surface area (Å²) in [4.78, 5) is 28.2. The maximum Gasteiger partial charge on any atom is 0.315 e. The zero-order valence-corrected chi connectivity index (χ0v) is 15.3. The molecule has 2 heterocycles. The first kappa shape index (κ1) is 18.4. The Balaban J connectivity index is 1.49. The summed E-state index contributed by atoms with van der Waals surface area (Å²) >= 11 is 0. The maximum absolute atomic E-state index is 12.0. The predicted molar refractivity (Wildman–Crippen MR) is 103 cm³/mol. The zero-order chi connectivity index (χ0) is 19.2. The quantitative estimate of drug-likeness (QED) is 0.624. The van der Waals surface area contributed by atoms with Gasteiger partial charge in [0.15, 0.2) is 5.65 Å². The van der Waals surface area contributed by atoms with E-state index in [1.54, 1.807) is 12.4 Å². The van der Waals surface area contributed by atoms with Gasteiger partial charge in [0.1, 0.15) is 0 Å². The summed E-state index contributed by atoms with van der Waals surface area (Å²) in [7, 11) is 0. The third kappa shape index (κ3) is 4.81. The molecule has 140 valence electrons. The number of amides is 3. The van der Waals surface area contributed by atoms with Gasteiger partial charge in [0.05, 0.1) is 24.6 Å². The lowest BCUT2D eigenvalue weighted by Crippen LogP contribution is -2.39. The van der Waals surface area contributed by atoms with Crippen molar-refractivity contribution in [2.24, 2.45) is 0 Å². The van der Waals surface area contributed by atoms with Crippen molar-refractivity contribution in [3.05, 3.63) is 54.4 Å². The van der Waals surface area contributed by atoms with Crippen LogP contribution in [0.1, 0.15) is 25.5 Å². The molecule has 3 amide bonds. The number of hydrogen-bond acceptors (Lipinski definition) is 4. The van der Waals surface area contributed by atoms with Crippen LogP contribution in [-0.4, -0.2) is 33.2 Å². The van der Waals surface area contributed by atoms with Gasteiger partial charge in [0.2, 0.25) is 5.91 Å². The van der Waals surface area contributed by atoms with Crippen LogP contribution in [0.2, 0.25) is 0 Å². The topological polar surface area (TPSA) is 101 Å². The van der Waals surface area contributed by atoms with E-state index in [9.17, 15) is 9.59 Å². The van der Waals surface area contributed by atoms with Gasteiger partial charge in [-0.25, -0.2) is 14.5 Å². The highest BCUT2D eigenvalue weighted by molar-refractivity contribution is 5.95. The fraction of sp³-hybridized carbons (Fsp3) is 0.263. The third-order valence-electron chi connectivity index (χ3n) is 3.91. The van der Waals surface area contributed by atoms with Crippen molar-refractivity contribution in [3.8, 4) is 0 Å². The lowest BCUT2D eigenvalue weighted by atomic mass is 10.2. The van der Waals surface area contributed by atoms with E-state index in [0.29, 0.717) is 12.2 Å². The number of nitrogens with one attached hydrogen (secondary N) is 3. The number of carbonyl (C=O) groups excluding carboxylic acids is 2. The van der Waals surface area contributed by atoms with E-state index in [4.69, 9.17) is 0 Å². The van der Waals surface area contributed by atoms with E-state index in [2.05, 4.69) is 26.0 Å². The van der Waals surface area contributed by atoms with E-state index >= 15 is 0 Å². The Labute approximate surface area is 157 Å². The number of urea groups is 1. The average molecular weight is 366 g/mol. The van der Waals surface area contributed by atoms with Crippen molar-refractivity contribution in [1.82, 2.24) is 25.4 Å². The average Bonchev–Trinajstić information content (AvgIpc) is 3.09. The van der Waals surface area contributed by atoms with Gasteiger partial charge in [-0.1, -0.05) is 30.3 Å². The molecule has 0 unspecified atom stereocenters. The summed E-state index contributed by atoms with van der Waals surface area (Å²) in [5.74, 6) is -0.331. The number of aromatic nitrogens is 3. The second kappa shape index (κ2) is 8.31. The van der Waals surface area contributed by atoms with Crippen LogP contribution in [0.3, 0.4) is 0 Å². The Morgan fingerprint density at radius 1 is 1.11 bits per heavy atom. The fourth-order valence-corrected chi connectivity index (χ4v) is 2.59. The molecule has 0 fully saturated rings. The van der Waals surface area contributed by atoms with Gasteiger partial charge in [-0.15, -0.1) is 0 Å². The standard InChI is InChI=1S/C19H22N6O2/c1-13(2)25-18-15(10-23-25)8-16(11-20-18)24-17(26)12-22-19(27)21-9-14-6-4-3-5-7-14/h3-8,10-11,13H,9,12H2,1-2H3,(H,24,26)(H2,21,22,27). The summed E-state index contributed by atoms with van der Waals surface area (Å²) in [6, 6.07) is 11.1. The van der Waals surface area contributed by atoms with Gasteiger partial charge >= 0.3 is 6.03 Å². The number of rotatable bonds is 6. The summed E-state index contributed by atoms with van der Waals surface area (Å²) in [6.07, 6.45) is 3.30. The molecule has 0 atom stereocenters. The molecule has 3 N–H and O–H groups in total. The first-order valence-corrected chi connectivity index (χ1v) is 8.71. The number of fused-ring (bicyclic) bond motifs is 1. The Morgan fingerprint density at radius 2 is 1.89 bits per heavy atom. The normalized spacial score (nSPS) is 10.8. The largest absolute Gasteiger partial charge is 0.334 e. The molecular weight excluding hydrogens is 344 g/mol. The summed E-state index contributed by atoms with van der Waals surface area (Å²) < 4.78 is 1.82. The van der Waals surface area contributed by atoms with Crippen LogP contribution < -0.4 is 16.0 Å². The summed E-state index contributed by atoms with van der Waals surface area (Å²) in [6.45, 7) is 4.31. The highest BCUT2D eigenvalue weighted by Crippen LogP contribution is 2.18. The van der Waals surface area contributed by atoms with Crippen LogP contribution in [0, 0.1) is 0 Å². The van der Waals surface area contributed by atoms with Crippen molar-refractivity contribution in [1.29, 1.82) is 0 Å². The first-order chi connectivity index (χ1) is 13.0. The highest BCUT2D eigenvalue weighted by Gasteiger charge is 2.10. The molecule has 0 spiro atoms. The molecule has 0 saturated carbocycles. The van der Waals surface area contributed by atoms with Crippen molar-refractivity contribution in [3.63, 3.8) is 0 Å². The fourth-order valence-electron chi connectivity index (χ4n) is 2.59. The molecule has 0 radical (unpaired) electrons. The molecule has 3 aromatic rings. The van der Waals surface area contributed by atoms with Gasteiger partial charge in [-0.05, 0) is 25.5 Å². The Morgan fingerprint density at radius 3 is 2.63 bits per heavy atom. The lowest BCUT2D eigenvalue weighted by molar-refractivity contribution is -0.115. The van der Waals surface area contributed by atoms with Crippen LogP contribution in [0.15, 0.2) is 48.8 Å². The van der Waals surface area contributed by atoms with Crippen LogP contribution >= 0.6 is 0 Å². The number of pyridine rings is 1. The molecule has 2 aromatic heterocycles. The van der Waals surface area contributed by atoms with Gasteiger partial charge in [0.25, 0.3) is 0 Å². The Bertz CT molecular complexity index is 936. The van der Waals surface area contributed by atoms with E-state index in [1.165, 1.54) is 0 Å². The molecule has 3 rings (SSSR count). The SMILES string of the molecule is CC(C)n1ncc2cc(NC(=O)CNC(=O)NCc3ccccc3)cnc21. The number of nitrogens with zero attached hydrogens (tertiary/aromatic N) is 3. The number of hydrogen-bond donors (Lipinski definition) is 3. The Hall–Kier alpha value is -3.42. The summed E-state index contributed by atoms with van der Waals surface area (Å²) in [5, 5.41) is 13.1. The van der Waals surface area contributed by atoms with Crippen LogP contribution in [0.4, 0.5) is 10.5 Å². The van der Waals surface area contributed by atoms with E-state index in [1.807, 2.05) is 54.9 Å². The molecule has 0 saturated heterocycles. The smallest absolute Gasteiger partial charge is 0.315 e. The second-order valence-electron chi connectivity index (χ2n) is 6.39. The predicted octanol–water partition coefficient (Wildman–Crippen LogP) is 2.45. The zero-order valence-electron chi connectivity index (χ0n) is 15.3. The maximum atomic E-state index is 12.0. The van der Waals surface area contributed by atoms with Gasteiger partial charge < -0.3 is 16.0 Å². The minimum atomic E-state index is -0.402. The minimum Gasteiger partial charge on any atom is -0.334 e. The van der Waals surface area contributed by atoms with Crippen molar-refractivity contribution >= 4 is 28.7 Å². The summed E-state index contributed by atoms with van der Waals surface area (Å²) in [5.41, 5.74) is 2.31. The molecule has 0 bridgehead atoms. The number of carbonyl (C=O) groups is 2. The molecule has 0 aliphatic rings. The lowest BCUT2D eigenvalue weighted by Gasteiger charge is -2.09. The first-order valence-electron chi connectivity index (χ1n) is 8.71. The molecular formula is C19H22N6O2. The van der Waals surface area contributed by atoms with Crippen molar-refractivity contribution < 1.29 is 9.59 Å².